The molecule has 120 valence electrons. The van der Waals surface area contributed by atoms with Crippen LogP contribution in [0, 0.1) is 0 Å². The molecule has 0 bridgehead atoms. The molecule has 0 fully saturated rings. The Hall–Kier alpha value is -2.42. The lowest BCUT2D eigenvalue weighted by atomic mass is 10.0. The number of methoxy groups -OCH3 is 1. The molecular weight excluding hydrogens is 288 g/mol. The number of hydrogen-bond acceptors (Lipinski definition) is 3. The molecule has 3 heteroatoms. The Labute approximate surface area is 137 Å². The van der Waals surface area contributed by atoms with E-state index in [1.807, 2.05) is 54.6 Å². The highest BCUT2D eigenvalue weighted by molar-refractivity contribution is 5.81. The van der Waals surface area contributed by atoms with E-state index in [2.05, 4.69) is 4.74 Å². The first-order valence-electron chi connectivity index (χ1n) is 7.87. The SMILES string of the molecule is COC(=O)CCc1ccc(CC(=O)CCc2ccccc2)cc1. The Morgan fingerprint density at radius 2 is 1.35 bits per heavy atom. The van der Waals surface area contributed by atoms with Gasteiger partial charge in [0.15, 0.2) is 0 Å². The Balaban J connectivity index is 1.78. The number of carbonyl (C=O) groups is 2. The van der Waals surface area contributed by atoms with Crippen molar-refractivity contribution in [3.8, 4) is 0 Å². The molecule has 0 aliphatic heterocycles. The van der Waals surface area contributed by atoms with Crippen LogP contribution in [0.1, 0.15) is 29.5 Å². The van der Waals surface area contributed by atoms with Gasteiger partial charge in [-0.15, -0.1) is 0 Å². The number of benzene rings is 2. The molecule has 0 aromatic heterocycles. The molecule has 0 N–H and O–H groups in total. The van der Waals surface area contributed by atoms with E-state index in [-0.39, 0.29) is 11.8 Å². The number of ether oxygens (including phenoxy) is 1. The first kappa shape index (κ1) is 16.9. The lowest BCUT2D eigenvalue weighted by molar-refractivity contribution is -0.140. The maximum absolute atomic E-state index is 12.1. The van der Waals surface area contributed by atoms with E-state index in [0.29, 0.717) is 25.7 Å². The van der Waals surface area contributed by atoms with E-state index in [1.165, 1.54) is 12.7 Å². The van der Waals surface area contributed by atoms with Crippen molar-refractivity contribution < 1.29 is 14.3 Å². The number of hydrogen-bond donors (Lipinski definition) is 0. The van der Waals surface area contributed by atoms with E-state index in [0.717, 1.165) is 17.5 Å². The first-order chi connectivity index (χ1) is 11.2. The van der Waals surface area contributed by atoms with Gasteiger partial charge in [0.05, 0.1) is 7.11 Å². The van der Waals surface area contributed by atoms with Gasteiger partial charge in [-0.2, -0.15) is 0 Å². The quantitative estimate of drug-likeness (QED) is 0.701. The van der Waals surface area contributed by atoms with Crippen molar-refractivity contribution in [2.45, 2.75) is 32.1 Å². The van der Waals surface area contributed by atoms with Gasteiger partial charge in [0.2, 0.25) is 0 Å². The van der Waals surface area contributed by atoms with Crippen LogP contribution < -0.4 is 0 Å². The second kappa shape index (κ2) is 8.89. The van der Waals surface area contributed by atoms with Crippen LogP contribution in [0.25, 0.3) is 0 Å². The highest BCUT2D eigenvalue weighted by Crippen LogP contribution is 2.10. The summed E-state index contributed by atoms with van der Waals surface area (Å²) in [6.45, 7) is 0. The zero-order valence-corrected chi connectivity index (χ0v) is 13.5. The molecule has 0 radical (unpaired) electrons. The highest BCUT2D eigenvalue weighted by Gasteiger charge is 2.06. The summed E-state index contributed by atoms with van der Waals surface area (Å²) in [5, 5.41) is 0. The highest BCUT2D eigenvalue weighted by atomic mass is 16.5. The van der Waals surface area contributed by atoms with Crippen molar-refractivity contribution >= 4 is 11.8 Å². The standard InChI is InChI=1S/C20H22O3/c1-23-20(22)14-12-17-7-9-18(10-8-17)15-19(21)13-11-16-5-3-2-4-6-16/h2-10H,11-15H2,1H3. The summed E-state index contributed by atoms with van der Waals surface area (Å²) in [6, 6.07) is 17.9. The predicted octanol–water partition coefficient (Wildman–Crippen LogP) is 3.54. The average molecular weight is 310 g/mol. The monoisotopic (exact) mass is 310 g/mol. The lowest BCUT2D eigenvalue weighted by Crippen LogP contribution is -2.05. The first-order valence-corrected chi connectivity index (χ1v) is 7.87. The van der Waals surface area contributed by atoms with Gasteiger partial charge in [-0.25, -0.2) is 0 Å². The van der Waals surface area contributed by atoms with Crippen LogP contribution >= 0.6 is 0 Å². The normalized spacial score (nSPS) is 10.3. The van der Waals surface area contributed by atoms with E-state index in [1.54, 1.807) is 0 Å². The summed E-state index contributed by atoms with van der Waals surface area (Å²) in [5.74, 6) is 0.0429. The fraction of sp³-hybridized carbons (Fsp3) is 0.300. The van der Waals surface area contributed by atoms with Gasteiger partial charge in [-0.05, 0) is 29.5 Å². The van der Waals surface area contributed by atoms with Crippen molar-refractivity contribution in [2.24, 2.45) is 0 Å². The zero-order valence-electron chi connectivity index (χ0n) is 13.5. The molecule has 0 unspecified atom stereocenters. The van der Waals surface area contributed by atoms with Crippen LogP contribution in [-0.4, -0.2) is 18.9 Å². The summed E-state index contributed by atoms with van der Waals surface area (Å²) >= 11 is 0. The maximum Gasteiger partial charge on any atom is 0.305 e. The molecule has 0 saturated heterocycles. The number of aryl methyl sites for hydroxylation is 2. The van der Waals surface area contributed by atoms with E-state index >= 15 is 0 Å². The minimum absolute atomic E-state index is 0.204. The smallest absolute Gasteiger partial charge is 0.305 e. The fourth-order valence-electron chi connectivity index (χ4n) is 2.42. The topological polar surface area (TPSA) is 43.4 Å². The second-order valence-corrected chi connectivity index (χ2v) is 5.59. The summed E-state index contributed by atoms with van der Waals surface area (Å²) < 4.78 is 4.63. The Morgan fingerprint density at radius 3 is 2.00 bits per heavy atom. The summed E-state index contributed by atoms with van der Waals surface area (Å²) in [4.78, 5) is 23.2. The minimum atomic E-state index is -0.204. The van der Waals surface area contributed by atoms with Gasteiger partial charge in [-0.1, -0.05) is 54.6 Å². The molecule has 2 aromatic carbocycles. The molecule has 23 heavy (non-hydrogen) atoms. The molecule has 0 amide bonds. The number of esters is 1. The molecule has 0 aliphatic rings. The van der Waals surface area contributed by atoms with Crippen LogP contribution in [0.2, 0.25) is 0 Å². The van der Waals surface area contributed by atoms with E-state index in [9.17, 15) is 9.59 Å². The molecule has 0 atom stereocenters. The lowest BCUT2D eigenvalue weighted by Gasteiger charge is -2.04. The Bertz CT molecular complexity index is 630. The molecule has 2 aromatic rings. The summed E-state index contributed by atoms with van der Waals surface area (Å²) in [6.07, 6.45) is 2.86. The third kappa shape index (κ3) is 6.07. The Morgan fingerprint density at radius 1 is 0.783 bits per heavy atom. The number of carbonyl (C=O) groups excluding carboxylic acids is 2. The molecule has 0 aliphatic carbocycles. The van der Waals surface area contributed by atoms with Crippen molar-refractivity contribution in [1.29, 1.82) is 0 Å². The number of rotatable bonds is 8. The molecule has 0 saturated carbocycles. The Kier molecular flexibility index (Phi) is 6.55. The predicted molar refractivity (Wildman–Crippen MR) is 90.3 cm³/mol. The van der Waals surface area contributed by atoms with E-state index < -0.39 is 0 Å². The van der Waals surface area contributed by atoms with Crippen molar-refractivity contribution in [2.75, 3.05) is 7.11 Å². The summed E-state index contributed by atoms with van der Waals surface area (Å²) in [5.41, 5.74) is 3.29. The zero-order chi connectivity index (χ0) is 16.5. The van der Waals surface area contributed by atoms with Gasteiger partial charge in [0, 0.05) is 19.3 Å². The molecule has 3 nitrogen and oxygen atoms in total. The average Bonchev–Trinajstić information content (AvgIpc) is 2.60. The van der Waals surface area contributed by atoms with Gasteiger partial charge in [-0.3, -0.25) is 9.59 Å². The van der Waals surface area contributed by atoms with Gasteiger partial charge in [0.1, 0.15) is 5.78 Å². The van der Waals surface area contributed by atoms with E-state index in [4.69, 9.17) is 0 Å². The van der Waals surface area contributed by atoms with Crippen LogP contribution in [0.3, 0.4) is 0 Å². The molecule has 0 heterocycles. The largest absolute Gasteiger partial charge is 0.469 e. The third-order valence-electron chi connectivity index (χ3n) is 3.81. The third-order valence-corrected chi connectivity index (χ3v) is 3.81. The molecule has 2 rings (SSSR count). The van der Waals surface area contributed by atoms with Crippen molar-refractivity contribution in [3.05, 3.63) is 71.3 Å². The van der Waals surface area contributed by atoms with Crippen molar-refractivity contribution in [1.82, 2.24) is 0 Å². The van der Waals surface area contributed by atoms with Crippen LogP contribution in [0.4, 0.5) is 0 Å². The molecular formula is C20H22O3. The fourth-order valence-corrected chi connectivity index (χ4v) is 2.42. The summed E-state index contributed by atoms with van der Waals surface area (Å²) in [7, 11) is 1.40. The minimum Gasteiger partial charge on any atom is -0.469 e. The van der Waals surface area contributed by atoms with Gasteiger partial charge < -0.3 is 4.74 Å². The van der Waals surface area contributed by atoms with Crippen LogP contribution in [-0.2, 0) is 33.6 Å². The second-order valence-electron chi connectivity index (χ2n) is 5.59. The van der Waals surface area contributed by atoms with Gasteiger partial charge >= 0.3 is 5.97 Å². The van der Waals surface area contributed by atoms with Gasteiger partial charge in [0.25, 0.3) is 0 Å². The van der Waals surface area contributed by atoms with Crippen LogP contribution in [0.15, 0.2) is 54.6 Å². The molecule has 0 spiro atoms. The maximum atomic E-state index is 12.1. The number of ketones is 1. The number of Topliss-reactive ketones (excluding diaryl/α,β-unsaturated/α-hetero) is 1. The van der Waals surface area contributed by atoms with Crippen molar-refractivity contribution in [3.63, 3.8) is 0 Å². The van der Waals surface area contributed by atoms with Crippen LogP contribution in [0.5, 0.6) is 0 Å².